The summed E-state index contributed by atoms with van der Waals surface area (Å²) in [5, 5.41) is 7.84. The molecule has 4 aromatic rings. The number of hydrogen-bond acceptors (Lipinski definition) is 6. The fourth-order valence-corrected chi connectivity index (χ4v) is 3.50. The van der Waals surface area contributed by atoms with E-state index in [1.807, 2.05) is 19.2 Å². The van der Waals surface area contributed by atoms with Gasteiger partial charge in [0.1, 0.15) is 30.1 Å². The van der Waals surface area contributed by atoms with Gasteiger partial charge in [0, 0.05) is 13.1 Å². The maximum absolute atomic E-state index is 12.2. The van der Waals surface area contributed by atoms with Crippen molar-refractivity contribution in [3.8, 4) is 11.5 Å². The normalized spacial score (nSPS) is 11.8. The molecule has 2 heterocycles. The molecule has 2 aromatic heterocycles. The maximum Gasteiger partial charge on any atom is 0.573 e. The van der Waals surface area contributed by atoms with Crippen LogP contribution in [-0.4, -0.2) is 26.3 Å². The Morgan fingerprint density at radius 1 is 0.944 bits per heavy atom. The van der Waals surface area contributed by atoms with Gasteiger partial charge in [-0.05, 0) is 67.2 Å². The van der Waals surface area contributed by atoms with Crippen LogP contribution in [0.4, 0.5) is 13.2 Å². The van der Waals surface area contributed by atoms with Gasteiger partial charge in [0.2, 0.25) is 5.89 Å². The summed E-state index contributed by atoms with van der Waals surface area (Å²) in [6.45, 7) is 0.249. The van der Waals surface area contributed by atoms with Gasteiger partial charge in [0.05, 0.1) is 11.9 Å². The fraction of sp³-hybridized carbons (Fsp3) is 0.269. The molecule has 188 valence electrons. The van der Waals surface area contributed by atoms with Crippen LogP contribution in [0.25, 0.3) is 12.2 Å². The van der Waals surface area contributed by atoms with Crippen molar-refractivity contribution in [2.45, 2.75) is 38.7 Å². The first-order valence-corrected chi connectivity index (χ1v) is 11.4. The van der Waals surface area contributed by atoms with Gasteiger partial charge >= 0.3 is 6.36 Å². The molecule has 0 saturated heterocycles. The number of alkyl halides is 3. The van der Waals surface area contributed by atoms with Crippen LogP contribution in [0.3, 0.4) is 0 Å². The van der Waals surface area contributed by atoms with Gasteiger partial charge < -0.3 is 13.9 Å². The number of aryl methyl sites for hydroxylation is 3. The van der Waals surface area contributed by atoms with Gasteiger partial charge in [0.25, 0.3) is 0 Å². The number of unbranched alkanes of at least 4 members (excludes halogenated alkanes) is 1. The first kappa shape index (κ1) is 25.0. The second-order valence-electron chi connectivity index (χ2n) is 8.12. The third kappa shape index (κ3) is 7.72. The van der Waals surface area contributed by atoms with E-state index in [1.54, 1.807) is 23.0 Å². The minimum Gasteiger partial charge on any atom is -0.487 e. The number of halogens is 3. The summed E-state index contributed by atoms with van der Waals surface area (Å²) in [7, 11) is 1.90. The van der Waals surface area contributed by atoms with Gasteiger partial charge in [-0.3, -0.25) is 4.68 Å². The van der Waals surface area contributed by atoms with Crippen LogP contribution < -0.4 is 9.47 Å². The average molecular weight is 499 g/mol. The lowest BCUT2D eigenvalue weighted by Gasteiger charge is -2.08. The summed E-state index contributed by atoms with van der Waals surface area (Å²) in [5.41, 5.74) is 3.68. The Morgan fingerprint density at radius 2 is 1.67 bits per heavy atom. The molecule has 0 spiro atoms. The molecule has 0 aliphatic rings. The molecule has 2 aromatic carbocycles. The summed E-state index contributed by atoms with van der Waals surface area (Å²) in [4.78, 5) is 4.34. The first-order valence-electron chi connectivity index (χ1n) is 11.4. The minimum atomic E-state index is -4.71. The summed E-state index contributed by atoms with van der Waals surface area (Å²) in [6, 6.07) is 13.5. The van der Waals surface area contributed by atoms with E-state index < -0.39 is 6.36 Å². The summed E-state index contributed by atoms with van der Waals surface area (Å²) in [6.07, 6.45) is 6.00. The molecule has 0 bridgehead atoms. The number of benzene rings is 2. The quantitative estimate of drug-likeness (QED) is 0.236. The molecule has 0 saturated carbocycles. The fourth-order valence-electron chi connectivity index (χ4n) is 3.50. The Labute approximate surface area is 206 Å². The SMILES string of the molecule is Cn1nncc1CCCCc1ccc(OCc2coc(C=Cc3ccc(OC(F)(F)F)cc3)n2)cc1. The van der Waals surface area contributed by atoms with Gasteiger partial charge in [-0.15, -0.1) is 18.3 Å². The van der Waals surface area contributed by atoms with Crippen LogP contribution >= 0.6 is 0 Å². The third-order valence-electron chi connectivity index (χ3n) is 5.37. The van der Waals surface area contributed by atoms with Gasteiger partial charge in [-0.25, -0.2) is 4.98 Å². The predicted octanol–water partition coefficient (Wildman–Crippen LogP) is 6.02. The molecular formula is C26H25F3N4O3. The highest BCUT2D eigenvalue weighted by Gasteiger charge is 2.30. The average Bonchev–Trinajstić information content (AvgIpc) is 3.48. The highest BCUT2D eigenvalue weighted by atomic mass is 19.4. The number of hydrogen-bond donors (Lipinski definition) is 0. The van der Waals surface area contributed by atoms with Crippen molar-refractivity contribution in [3.05, 3.63) is 89.4 Å². The largest absolute Gasteiger partial charge is 0.573 e. The number of oxazole rings is 1. The Hall–Kier alpha value is -4.08. The monoisotopic (exact) mass is 498 g/mol. The molecule has 0 atom stereocenters. The van der Waals surface area contributed by atoms with Crippen LogP contribution in [0, 0.1) is 0 Å². The Bertz CT molecular complexity index is 1260. The van der Waals surface area contributed by atoms with Crippen LogP contribution in [0.1, 0.15) is 41.2 Å². The van der Waals surface area contributed by atoms with Crippen molar-refractivity contribution < 1.29 is 27.1 Å². The standard InChI is InChI=1S/C26H25F3N4O3/c1-33-22(16-30-32-33)5-3-2-4-19-6-11-23(12-7-19)34-17-21-18-35-25(31-21)15-10-20-8-13-24(14-9-20)36-26(27,28)29/h6-16,18H,2-5,17H2,1H3. The Balaban J connectivity index is 1.20. The molecule has 0 radical (unpaired) electrons. The van der Waals surface area contributed by atoms with E-state index >= 15 is 0 Å². The van der Waals surface area contributed by atoms with Crippen molar-refractivity contribution in [2.24, 2.45) is 7.05 Å². The summed E-state index contributed by atoms with van der Waals surface area (Å²) in [5.74, 6) is 0.823. The topological polar surface area (TPSA) is 75.2 Å². The Morgan fingerprint density at radius 3 is 2.36 bits per heavy atom. The zero-order chi connectivity index (χ0) is 25.4. The molecule has 36 heavy (non-hydrogen) atoms. The van der Waals surface area contributed by atoms with Crippen molar-refractivity contribution in [1.29, 1.82) is 0 Å². The molecule has 0 fully saturated rings. The molecule has 0 unspecified atom stereocenters. The molecule has 10 heteroatoms. The smallest absolute Gasteiger partial charge is 0.487 e. The highest BCUT2D eigenvalue weighted by molar-refractivity contribution is 5.66. The number of ether oxygens (including phenoxy) is 2. The van der Waals surface area contributed by atoms with Crippen molar-refractivity contribution >= 4 is 12.2 Å². The van der Waals surface area contributed by atoms with Crippen molar-refractivity contribution in [1.82, 2.24) is 20.0 Å². The van der Waals surface area contributed by atoms with Crippen LogP contribution in [0.5, 0.6) is 11.5 Å². The minimum absolute atomic E-state index is 0.249. The summed E-state index contributed by atoms with van der Waals surface area (Å²) < 4.78 is 53.6. The number of rotatable bonds is 11. The third-order valence-corrected chi connectivity index (χ3v) is 5.37. The number of nitrogens with zero attached hydrogens (tertiary/aromatic N) is 4. The molecule has 0 aliphatic carbocycles. The van der Waals surface area contributed by atoms with E-state index in [1.165, 1.54) is 36.1 Å². The molecule has 0 amide bonds. The molecule has 0 N–H and O–H groups in total. The van der Waals surface area contributed by atoms with E-state index in [9.17, 15) is 13.2 Å². The van der Waals surface area contributed by atoms with Crippen LogP contribution in [-0.2, 0) is 26.5 Å². The predicted molar refractivity (Wildman–Crippen MR) is 127 cm³/mol. The summed E-state index contributed by atoms with van der Waals surface area (Å²) >= 11 is 0. The molecule has 4 rings (SSSR count). The first-order chi connectivity index (χ1) is 17.3. The molecule has 0 aliphatic heterocycles. The zero-order valence-electron chi connectivity index (χ0n) is 19.6. The molecule has 7 nitrogen and oxygen atoms in total. The highest BCUT2D eigenvalue weighted by Crippen LogP contribution is 2.23. The van der Waals surface area contributed by atoms with E-state index in [0.29, 0.717) is 17.1 Å². The van der Waals surface area contributed by atoms with E-state index in [-0.39, 0.29) is 12.4 Å². The number of aromatic nitrogens is 4. The second-order valence-corrected chi connectivity index (χ2v) is 8.12. The van der Waals surface area contributed by atoms with Crippen molar-refractivity contribution in [2.75, 3.05) is 0 Å². The second kappa shape index (κ2) is 11.6. The van der Waals surface area contributed by atoms with Gasteiger partial charge in [0.15, 0.2) is 0 Å². The van der Waals surface area contributed by atoms with Crippen molar-refractivity contribution in [3.63, 3.8) is 0 Å². The van der Waals surface area contributed by atoms with Crippen LogP contribution in [0.15, 0.2) is 65.4 Å². The van der Waals surface area contributed by atoms with Gasteiger partial charge in [-0.1, -0.05) is 29.5 Å². The Kier molecular flexibility index (Phi) is 8.04. The van der Waals surface area contributed by atoms with Crippen LogP contribution in [0.2, 0.25) is 0 Å². The van der Waals surface area contributed by atoms with Gasteiger partial charge in [-0.2, -0.15) is 0 Å². The van der Waals surface area contributed by atoms with E-state index in [0.717, 1.165) is 37.1 Å². The lowest BCUT2D eigenvalue weighted by molar-refractivity contribution is -0.274. The van der Waals surface area contributed by atoms with E-state index in [2.05, 4.69) is 32.2 Å². The zero-order valence-corrected chi connectivity index (χ0v) is 19.6. The molecular weight excluding hydrogens is 473 g/mol. The van der Waals surface area contributed by atoms with E-state index in [4.69, 9.17) is 9.15 Å². The maximum atomic E-state index is 12.2. The lowest BCUT2D eigenvalue weighted by Crippen LogP contribution is -2.16. The lowest BCUT2D eigenvalue weighted by atomic mass is 10.1.